The van der Waals surface area contributed by atoms with E-state index in [-0.39, 0.29) is 17.8 Å². The van der Waals surface area contributed by atoms with Crippen molar-refractivity contribution in [1.29, 1.82) is 0 Å². The Hall–Kier alpha value is -2.48. The number of rotatable bonds is 4. The van der Waals surface area contributed by atoms with Crippen molar-refractivity contribution in [3.05, 3.63) is 67.0 Å². The summed E-state index contributed by atoms with van der Waals surface area (Å²) in [6.07, 6.45) is 1.07. The fraction of sp³-hybridized carbons (Fsp3) is 0.143. The summed E-state index contributed by atoms with van der Waals surface area (Å²) in [5, 5.41) is 13.4. The van der Waals surface area contributed by atoms with Crippen LogP contribution in [0.25, 0.3) is 0 Å². The maximum atomic E-state index is 12.0. The number of pyridine rings is 1. The van der Waals surface area contributed by atoms with E-state index in [2.05, 4.69) is 21.2 Å². The maximum absolute atomic E-state index is 12.0. The molecule has 2 rings (SSSR count). The van der Waals surface area contributed by atoms with Gasteiger partial charge >= 0.3 is 0 Å². The van der Waals surface area contributed by atoms with Crippen LogP contribution in [-0.2, 0) is 11.3 Å². The molecule has 8 heteroatoms. The van der Waals surface area contributed by atoms with E-state index in [1.54, 1.807) is 24.3 Å². The summed E-state index contributed by atoms with van der Waals surface area (Å²) in [4.78, 5) is 34.1. The Morgan fingerprint density at radius 1 is 1.36 bits per heavy atom. The van der Waals surface area contributed by atoms with Gasteiger partial charge in [0.25, 0.3) is 11.2 Å². The van der Waals surface area contributed by atoms with Crippen LogP contribution in [-0.4, -0.2) is 15.4 Å². The van der Waals surface area contributed by atoms with Crippen LogP contribution in [0.2, 0.25) is 0 Å². The van der Waals surface area contributed by atoms with E-state index in [0.29, 0.717) is 5.69 Å². The normalized spacial score (nSPS) is 10.3. The topological polar surface area (TPSA) is 94.2 Å². The van der Waals surface area contributed by atoms with Gasteiger partial charge < -0.3 is 5.32 Å². The van der Waals surface area contributed by atoms with Crippen molar-refractivity contribution in [1.82, 2.24) is 4.57 Å². The zero-order valence-electron chi connectivity index (χ0n) is 11.6. The zero-order valence-corrected chi connectivity index (χ0v) is 13.2. The number of aryl methyl sites for hydroxylation is 1. The minimum atomic E-state index is -0.602. The molecular weight excluding hydrogens is 354 g/mol. The molecule has 0 fully saturated rings. The number of amides is 1. The molecule has 1 heterocycles. The average molecular weight is 366 g/mol. The molecule has 0 saturated carbocycles. The Balaban J connectivity index is 2.19. The first-order chi connectivity index (χ1) is 10.4. The van der Waals surface area contributed by atoms with Crippen molar-refractivity contribution in [2.75, 3.05) is 5.32 Å². The van der Waals surface area contributed by atoms with Gasteiger partial charge in [-0.05, 0) is 31.2 Å². The monoisotopic (exact) mass is 365 g/mol. The minimum Gasteiger partial charge on any atom is -0.325 e. The van der Waals surface area contributed by atoms with Crippen LogP contribution < -0.4 is 10.9 Å². The molecule has 0 aliphatic rings. The van der Waals surface area contributed by atoms with Crippen molar-refractivity contribution in [3.63, 3.8) is 0 Å². The summed E-state index contributed by atoms with van der Waals surface area (Å²) in [7, 11) is 0. The van der Waals surface area contributed by atoms with Gasteiger partial charge in [-0.1, -0.05) is 15.9 Å². The quantitative estimate of drug-likeness (QED) is 0.664. The van der Waals surface area contributed by atoms with Gasteiger partial charge in [0.15, 0.2) is 0 Å². The van der Waals surface area contributed by atoms with Crippen molar-refractivity contribution in [2.45, 2.75) is 13.5 Å². The van der Waals surface area contributed by atoms with Gasteiger partial charge in [0, 0.05) is 21.8 Å². The van der Waals surface area contributed by atoms with E-state index in [1.807, 2.05) is 0 Å². The van der Waals surface area contributed by atoms with Crippen molar-refractivity contribution >= 4 is 33.2 Å². The first kappa shape index (κ1) is 15.9. The molecule has 0 saturated heterocycles. The average Bonchev–Trinajstić information content (AvgIpc) is 2.46. The lowest BCUT2D eigenvalue weighted by atomic mass is 10.3. The molecule has 0 radical (unpaired) electrons. The Labute approximate surface area is 133 Å². The molecule has 0 aliphatic heterocycles. The number of benzene rings is 1. The van der Waals surface area contributed by atoms with Crippen LogP contribution in [0.5, 0.6) is 0 Å². The molecule has 114 valence electrons. The van der Waals surface area contributed by atoms with Gasteiger partial charge in [-0.25, -0.2) is 0 Å². The fourth-order valence-electron chi connectivity index (χ4n) is 1.87. The predicted molar refractivity (Wildman–Crippen MR) is 84.9 cm³/mol. The van der Waals surface area contributed by atoms with E-state index in [9.17, 15) is 19.7 Å². The second kappa shape index (κ2) is 6.52. The molecule has 2 aromatic rings. The van der Waals surface area contributed by atoms with Crippen LogP contribution >= 0.6 is 15.9 Å². The third kappa shape index (κ3) is 3.79. The molecule has 1 N–H and O–H groups in total. The van der Waals surface area contributed by atoms with E-state index >= 15 is 0 Å². The minimum absolute atomic E-state index is 0.214. The van der Waals surface area contributed by atoms with Crippen molar-refractivity contribution < 1.29 is 9.72 Å². The Morgan fingerprint density at radius 3 is 2.59 bits per heavy atom. The molecular formula is C14H12BrN3O4. The number of halogens is 1. The molecule has 1 amide bonds. The third-order valence-electron chi connectivity index (χ3n) is 2.90. The zero-order chi connectivity index (χ0) is 16.3. The molecule has 1 aromatic heterocycles. The highest BCUT2D eigenvalue weighted by molar-refractivity contribution is 9.10. The van der Waals surface area contributed by atoms with Crippen LogP contribution in [0.15, 0.2) is 45.8 Å². The maximum Gasteiger partial charge on any atom is 0.286 e. The number of nitro groups is 1. The highest BCUT2D eigenvalue weighted by Gasteiger charge is 2.13. The molecule has 7 nitrogen and oxygen atoms in total. The van der Waals surface area contributed by atoms with Gasteiger partial charge in [0.1, 0.15) is 6.54 Å². The molecule has 0 aliphatic carbocycles. The number of hydrogen-bond donors (Lipinski definition) is 1. The van der Waals surface area contributed by atoms with Crippen LogP contribution in [0.1, 0.15) is 5.56 Å². The van der Waals surface area contributed by atoms with Crippen LogP contribution in [0.4, 0.5) is 11.4 Å². The van der Waals surface area contributed by atoms with Crippen LogP contribution in [0.3, 0.4) is 0 Å². The lowest BCUT2D eigenvalue weighted by Crippen LogP contribution is -2.28. The molecule has 0 spiro atoms. The van der Waals surface area contributed by atoms with Gasteiger partial charge in [-0.2, -0.15) is 0 Å². The number of nitrogens with zero attached hydrogens (tertiary/aromatic N) is 2. The summed E-state index contributed by atoms with van der Waals surface area (Å²) in [6, 6.07) is 8.11. The Morgan fingerprint density at radius 2 is 2.00 bits per heavy atom. The first-order valence-corrected chi connectivity index (χ1v) is 7.07. The number of aromatic nitrogens is 1. The summed E-state index contributed by atoms with van der Waals surface area (Å²) in [6.45, 7) is 1.18. The Kier molecular flexibility index (Phi) is 4.71. The smallest absolute Gasteiger partial charge is 0.286 e. The lowest BCUT2D eigenvalue weighted by molar-refractivity contribution is -0.385. The summed E-state index contributed by atoms with van der Waals surface area (Å²) in [5.74, 6) is -0.440. The number of nitrogens with one attached hydrogen (secondary N) is 1. The SMILES string of the molecule is Cc1cc([N+](=O)[O-])cn(CC(=O)Nc2ccc(Br)cc2)c1=O. The molecule has 0 bridgehead atoms. The summed E-state index contributed by atoms with van der Waals surface area (Å²) in [5.41, 5.74) is 0.124. The fourth-order valence-corrected chi connectivity index (χ4v) is 2.14. The highest BCUT2D eigenvalue weighted by Crippen LogP contribution is 2.14. The Bertz CT molecular complexity index is 784. The van der Waals surface area contributed by atoms with E-state index in [1.165, 1.54) is 13.0 Å². The van der Waals surface area contributed by atoms with Gasteiger partial charge in [-0.3, -0.25) is 24.3 Å². The standard InChI is InChI=1S/C14H12BrN3O4/c1-9-6-12(18(21)22)7-17(14(9)20)8-13(19)16-11-4-2-10(15)3-5-11/h2-7H,8H2,1H3,(H,16,19). The number of anilines is 1. The van der Waals surface area contributed by atoms with Gasteiger partial charge in [0.05, 0.1) is 11.1 Å². The van der Waals surface area contributed by atoms with Crippen molar-refractivity contribution in [2.24, 2.45) is 0 Å². The molecule has 0 atom stereocenters. The third-order valence-corrected chi connectivity index (χ3v) is 3.43. The lowest BCUT2D eigenvalue weighted by Gasteiger charge is -2.08. The summed E-state index contributed by atoms with van der Waals surface area (Å²) < 4.78 is 1.90. The van der Waals surface area contributed by atoms with Crippen molar-refractivity contribution in [3.8, 4) is 0 Å². The van der Waals surface area contributed by atoms with E-state index in [4.69, 9.17) is 0 Å². The van der Waals surface area contributed by atoms with Crippen LogP contribution in [0, 0.1) is 17.0 Å². The van der Waals surface area contributed by atoms with E-state index in [0.717, 1.165) is 15.2 Å². The highest BCUT2D eigenvalue weighted by atomic mass is 79.9. The second-order valence-corrected chi connectivity index (χ2v) is 5.54. The number of hydrogen-bond acceptors (Lipinski definition) is 4. The molecule has 1 aromatic carbocycles. The van der Waals surface area contributed by atoms with Gasteiger partial charge in [0.2, 0.25) is 5.91 Å². The first-order valence-electron chi connectivity index (χ1n) is 6.27. The predicted octanol–water partition coefficient (Wildman–Crippen LogP) is 2.47. The second-order valence-electron chi connectivity index (χ2n) is 4.63. The largest absolute Gasteiger partial charge is 0.325 e. The summed E-state index contributed by atoms with van der Waals surface area (Å²) >= 11 is 3.28. The number of carbonyl (C=O) groups is 1. The molecule has 22 heavy (non-hydrogen) atoms. The van der Waals surface area contributed by atoms with Gasteiger partial charge in [-0.15, -0.1) is 0 Å². The van der Waals surface area contributed by atoms with E-state index < -0.39 is 16.4 Å². The number of carbonyl (C=O) groups excluding carboxylic acids is 1. The molecule has 0 unspecified atom stereocenters.